The smallest absolute Gasteiger partial charge is 0.0184 e. The summed E-state index contributed by atoms with van der Waals surface area (Å²) in [6.07, 6.45) is 0. The van der Waals surface area contributed by atoms with E-state index in [-0.39, 0.29) is 0 Å². The van der Waals surface area contributed by atoms with Crippen molar-refractivity contribution in [2.45, 2.75) is 79.1 Å². The van der Waals surface area contributed by atoms with Gasteiger partial charge in [-0.2, -0.15) is 0 Å². The van der Waals surface area contributed by atoms with Crippen LogP contribution in [0.25, 0.3) is 11.1 Å². The maximum absolute atomic E-state index is 2.24. The fraction of sp³-hybridized carbons (Fsp3) is 0.400. The van der Waals surface area contributed by atoms with Gasteiger partial charge < -0.3 is 0 Å². The molecule has 3 rings (SSSR count). The predicted molar refractivity (Wildman–Crippen MR) is 135 cm³/mol. The lowest BCUT2D eigenvalue weighted by molar-refractivity contribution is 0.845. The first-order valence-corrected chi connectivity index (χ1v) is 11.5. The second kappa shape index (κ2) is 11.2. The Morgan fingerprint density at radius 2 is 0.467 bits per heavy atom. The third kappa shape index (κ3) is 6.87. The molecule has 0 nitrogen and oxygen atoms in total. The lowest BCUT2D eigenvalue weighted by atomic mass is 9.96. The fourth-order valence-electron chi connectivity index (χ4n) is 3.39. The number of benzene rings is 3. The SMILES string of the molecule is CC(C)c1ccc(-c2ccc(C(C)C)cc2)cc1.CC(C)c1ccc(C(C)C)cc1. The van der Waals surface area contributed by atoms with Crippen molar-refractivity contribution in [2.75, 3.05) is 0 Å². The third-order valence-electron chi connectivity index (χ3n) is 5.76. The normalized spacial score (nSPS) is 11.2. The van der Waals surface area contributed by atoms with E-state index in [0.29, 0.717) is 23.7 Å². The van der Waals surface area contributed by atoms with Crippen molar-refractivity contribution >= 4 is 0 Å². The molecule has 3 aromatic carbocycles. The van der Waals surface area contributed by atoms with E-state index in [2.05, 4.69) is 128 Å². The van der Waals surface area contributed by atoms with Crippen LogP contribution in [0.3, 0.4) is 0 Å². The van der Waals surface area contributed by atoms with Crippen molar-refractivity contribution in [2.24, 2.45) is 0 Å². The Bertz CT molecular complexity index is 784. The molecule has 0 radical (unpaired) electrons. The lowest BCUT2D eigenvalue weighted by Gasteiger charge is -2.09. The lowest BCUT2D eigenvalue weighted by Crippen LogP contribution is -1.90. The summed E-state index contributed by atoms with van der Waals surface area (Å²) < 4.78 is 0. The van der Waals surface area contributed by atoms with Crippen molar-refractivity contribution in [3.8, 4) is 11.1 Å². The molecule has 0 heteroatoms. The monoisotopic (exact) mass is 400 g/mol. The minimum atomic E-state index is 0.599. The summed E-state index contributed by atoms with van der Waals surface area (Å²) in [5.74, 6) is 2.49. The molecule has 0 fully saturated rings. The second-order valence-corrected chi connectivity index (χ2v) is 9.53. The average Bonchev–Trinajstić information content (AvgIpc) is 2.74. The van der Waals surface area contributed by atoms with E-state index in [0.717, 1.165) is 0 Å². The zero-order chi connectivity index (χ0) is 22.3. The van der Waals surface area contributed by atoms with E-state index < -0.39 is 0 Å². The number of hydrogen-bond acceptors (Lipinski definition) is 0. The molecular formula is C30H40. The van der Waals surface area contributed by atoms with Crippen LogP contribution in [-0.4, -0.2) is 0 Å². The van der Waals surface area contributed by atoms with Gasteiger partial charge in [0.2, 0.25) is 0 Å². The van der Waals surface area contributed by atoms with E-state index >= 15 is 0 Å². The minimum absolute atomic E-state index is 0.599. The molecule has 0 unspecified atom stereocenters. The molecule has 3 aromatic rings. The molecule has 0 saturated heterocycles. The summed E-state index contributed by atoms with van der Waals surface area (Å²) in [4.78, 5) is 0. The van der Waals surface area contributed by atoms with Crippen LogP contribution in [0.4, 0.5) is 0 Å². The summed E-state index contributed by atoms with van der Waals surface area (Å²) in [5.41, 5.74) is 8.26. The van der Waals surface area contributed by atoms with Gasteiger partial charge in [0.25, 0.3) is 0 Å². The molecule has 30 heavy (non-hydrogen) atoms. The topological polar surface area (TPSA) is 0 Å². The first-order valence-electron chi connectivity index (χ1n) is 11.5. The molecule has 0 saturated carbocycles. The van der Waals surface area contributed by atoms with E-state index in [1.165, 1.54) is 33.4 Å². The summed E-state index contributed by atoms with van der Waals surface area (Å²) in [6, 6.07) is 26.8. The van der Waals surface area contributed by atoms with Crippen molar-refractivity contribution < 1.29 is 0 Å². The summed E-state index contributed by atoms with van der Waals surface area (Å²) in [7, 11) is 0. The van der Waals surface area contributed by atoms with E-state index in [4.69, 9.17) is 0 Å². The zero-order valence-corrected chi connectivity index (χ0v) is 20.2. The Hall–Kier alpha value is -2.34. The van der Waals surface area contributed by atoms with Gasteiger partial charge in [0.05, 0.1) is 0 Å². The van der Waals surface area contributed by atoms with Crippen molar-refractivity contribution in [1.82, 2.24) is 0 Å². The Morgan fingerprint density at radius 3 is 0.633 bits per heavy atom. The summed E-state index contributed by atoms with van der Waals surface area (Å²) >= 11 is 0. The van der Waals surface area contributed by atoms with Crippen LogP contribution in [0.1, 0.15) is 101 Å². The van der Waals surface area contributed by atoms with Gasteiger partial charge in [0, 0.05) is 0 Å². The molecule has 0 amide bonds. The molecule has 0 aromatic heterocycles. The Kier molecular flexibility index (Phi) is 8.90. The standard InChI is InChI=1S/C18H22.C12H18/c1-13(2)15-5-9-17(10-6-15)18-11-7-16(8-12-18)14(3)4;1-9(2)11-5-7-12(8-6-11)10(3)4/h5-14H,1-4H3;5-10H,1-4H3. The van der Waals surface area contributed by atoms with Crippen molar-refractivity contribution in [3.63, 3.8) is 0 Å². The third-order valence-corrected chi connectivity index (χ3v) is 5.76. The highest BCUT2D eigenvalue weighted by Gasteiger charge is 2.03. The van der Waals surface area contributed by atoms with Gasteiger partial charge in [-0.15, -0.1) is 0 Å². The first kappa shape index (κ1) is 23.9. The van der Waals surface area contributed by atoms with E-state index in [9.17, 15) is 0 Å². The van der Waals surface area contributed by atoms with Gasteiger partial charge >= 0.3 is 0 Å². The van der Waals surface area contributed by atoms with Gasteiger partial charge in [-0.25, -0.2) is 0 Å². The predicted octanol–water partition coefficient (Wildman–Crippen LogP) is 9.53. The van der Waals surface area contributed by atoms with Crippen LogP contribution in [-0.2, 0) is 0 Å². The maximum Gasteiger partial charge on any atom is -0.0184 e. The molecule has 0 atom stereocenters. The van der Waals surface area contributed by atoms with Crippen LogP contribution >= 0.6 is 0 Å². The number of rotatable bonds is 5. The molecule has 0 aliphatic heterocycles. The van der Waals surface area contributed by atoms with Gasteiger partial charge in [0.1, 0.15) is 0 Å². The fourth-order valence-corrected chi connectivity index (χ4v) is 3.39. The maximum atomic E-state index is 2.24. The second-order valence-electron chi connectivity index (χ2n) is 9.53. The minimum Gasteiger partial charge on any atom is -0.0587 e. The zero-order valence-electron chi connectivity index (χ0n) is 20.2. The Morgan fingerprint density at radius 1 is 0.300 bits per heavy atom. The summed E-state index contributed by atoms with van der Waals surface area (Å²) in [5, 5.41) is 0. The van der Waals surface area contributed by atoms with Gasteiger partial charge in [-0.1, -0.05) is 128 Å². The van der Waals surface area contributed by atoms with Crippen LogP contribution in [0.2, 0.25) is 0 Å². The molecular weight excluding hydrogens is 360 g/mol. The Labute approximate surface area is 185 Å². The largest absolute Gasteiger partial charge is 0.0587 e. The molecule has 0 heterocycles. The highest BCUT2D eigenvalue weighted by atomic mass is 14.1. The van der Waals surface area contributed by atoms with Crippen molar-refractivity contribution in [1.29, 1.82) is 0 Å². The van der Waals surface area contributed by atoms with E-state index in [1.54, 1.807) is 0 Å². The highest BCUT2D eigenvalue weighted by molar-refractivity contribution is 5.64. The molecule has 0 bridgehead atoms. The van der Waals surface area contributed by atoms with Gasteiger partial charge in [0.15, 0.2) is 0 Å². The van der Waals surface area contributed by atoms with Crippen LogP contribution in [0.15, 0.2) is 72.8 Å². The molecule has 0 N–H and O–H groups in total. The molecule has 0 spiro atoms. The summed E-state index contributed by atoms with van der Waals surface area (Å²) in [6.45, 7) is 17.8. The van der Waals surface area contributed by atoms with Crippen LogP contribution in [0, 0.1) is 0 Å². The quantitative estimate of drug-likeness (QED) is 0.400. The number of hydrogen-bond donors (Lipinski definition) is 0. The average molecular weight is 401 g/mol. The molecule has 0 aliphatic carbocycles. The van der Waals surface area contributed by atoms with E-state index in [1.807, 2.05) is 0 Å². The molecule has 0 aliphatic rings. The van der Waals surface area contributed by atoms with Crippen LogP contribution < -0.4 is 0 Å². The molecule has 160 valence electrons. The highest BCUT2D eigenvalue weighted by Crippen LogP contribution is 2.24. The first-order chi connectivity index (χ1) is 14.2. The van der Waals surface area contributed by atoms with Gasteiger partial charge in [-0.05, 0) is 57.1 Å². The van der Waals surface area contributed by atoms with Gasteiger partial charge in [-0.3, -0.25) is 0 Å². The Balaban J connectivity index is 0.000000232. The van der Waals surface area contributed by atoms with Crippen molar-refractivity contribution in [3.05, 3.63) is 95.1 Å². The van der Waals surface area contributed by atoms with Crippen LogP contribution in [0.5, 0.6) is 0 Å².